The average molecular weight is 350 g/mol. The Morgan fingerprint density at radius 2 is 1.69 bits per heavy atom. The second kappa shape index (κ2) is 8.41. The van der Waals surface area contributed by atoms with Crippen LogP contribution in [0, 0.1) is 6.92 Å². The molecule has 3 N–H and O–H groups in total. The van der Waals surface area contributed by atoms with Gasteiger partial charge in [-0.1, -0.05) is 23.8 Å². The van der Waals surface area contributed by atoms with Crippen LogP contribution in [0.25, 0.3) is 22.2 Å². The fraction of sp³-hybridized carbons (Fsp3) is 0.391. The lowest BCUT2D eigenvalue weighted by Crippen LogP contribution is -2.21. The van der Waals surface area contributed by atoms with Crippen LogP contribution in [-0.2, 0) is 6.42 Å². The van der Waals surface area contributed by atoms with Crippen molar-refractivity contribution in [3.05, 3.63) is 53.6 Å². The van der Waals surface area contributed by atoms with Crippen molar-refractivity contribution in [2.24, 2.45) is 5.73 Å². The molecule has 0 aliphatic heterocycles. The smallest absolute Gasteiger partial charge is 0.0497 e. The lowest BCUT2D eigenvalue weighted by molar-refractivity contribution is 0.748. The van der Waals surface area contributed by atoms with Gasteiger partial charge in [0.25, 0.3) is 0 Å². The number of benzene rings is 2. The van der Waals surface area contributed by atoms with Gasteiger partial charge in [0.15, 0.2) is 0 Å². The van der Waals surface area contributed by atoms with E-state index < -0.39 is 0 Å². The third-order valence-electron chi connectivity index (χ3n) is 5.23. The second-order valence-corrected chi connectivity index (χ2v) is 6.99. The summed E-state index contributed by atoms with van der Waals surface area (Å²) in [5.41, 5.74) is 13.5. The standard InChI is InChI=1S/C23H31N3/c1-4-26(5-2)19-12-10-18(11-13-19)23-20(8-6-7-15-24)21-16-17(3)9-14-22(21)25-23/h9-14,16,25H,4-8,15,24H2,1-3H3. The third-order valence-corrected chi connectivity index (χ3v) is 5.23. The van der Waals surface area contributed by atoms with E-state index in [1.807, 2.05) is 0 Å². The van der Waals surface area contributed by atoms with Gasteiger partial charge in [-0.05, 0) is 82.0 Å². The molecule has 138 valence electrons. The topological polar surface area (TPSA) is 45.0 Å². The number of fused-ring (bicyclic) bond motifs is 1. The van der Waals surface area contributed by atoms with E-state index in [1.165, 1.54) is 39.0 Å². The largest absolute Gasteiger partial charge is 0.372 e. The molecule has 0 spiro atoms. The van der Waals surface area contributed by atoms with Crippen molar-refractivity contribution in [2.75, 3.05) is 24.5 Å². The number of aromatic nitrogens is 1. The Morgan fingerprint density at radius 3 is 2.35 bits per heavy atom. The van der Waals surface area contributed by atoms with Crippen molar-refractivity contribution in [3.8, 4) is 11.3 Å². The summed E-state index contributed by atoms with van der Waals surface area (Å²) in [7, 11) is 0. The maximum absolute atomic E-state index is 5.71. The second-order valence-electron chi connectivity index (χ2n) is 6.99. The van der Waals surface area contributed by atoms with Crippen molar-refractivity contribution >= 4 is 16.6 Å². The van der Waals surface area contributed by atoms with Crippen molar-refractivity contribution in [2.45, 2.75) is 40.0 Å². The predicted octanol–water partition coefficient (Wildman–Crippen LogP) is 5.27. The van der Waals surface area contributed by atoms with E-state index in [0.29, 0.717) is 0 Å². The van der Waals surface area contributed by atoms with Gasteiger partial charge < -0.3 is 15.6 Å². The number of nitrogens with zero attached hydrogens (tertiary/aromatic N) is 1. The number of rotatable bonds is 8. The van der Waals surface area contributed by atoms with Gasteiger partial charge in [0.05, 0.1) is 0 Å². The Morgan fingerprint density at radius 1 is 0.962 bits per heavy atom. The first-order valence-corrected chi connectivity index (χ1v) is 9.84. The molecule has 0 aliphatic rings. The molecule has 0 fully saturated rings. The molecule has 0 aliphatic carbocycles. The van der Waals surface area contributed by atoms with Gasteiger partial charge in [-0.25, -0.2) is 0 Å². The van der Waals surface area contributed by atoms with E-state index in [0.717, 1.165) is 38.9 Å². The van der Waals surface area contributed by atoms with E-state index in [-0.39, 0.29) is 0 Å². The first-order valence-electron chi connectivity index (χ1n) is 9.84. The van der Waals surface area contributed by atoms with Gasteiger partial charge in [-0.3, -0.25) is 0 Å². The summed E-state index contributed by atoms with van der Waals surface area (Å²) >= 11 is 0. The molecule has 0 saturated carbocycles. The fourth-order valence-electron chi connectivity index (χ4n) is 3.74. The molecule has 3 aromatic rings. The molecular weight excluding hydrogens is 318 g/mol. The Balaban J connectivity index is 2.01. The van der Waals surface area contributed by atoms with Crippen LogP contribution >= 0.6 is 0 Å². The number of nitrogens with one attached hydrogen (secondary N) is 1. The van der Waals surface area contributed by atoms with Gasteiger partial charge >= 0.3 is 0 Å². The minimum absolute atomic E-state index is 0.759. The van der Waals surface area contributed by atoms with Crippen molar-refractivity contribution in [1.29, 1.82) is 0 Å². The number of aryl methyl sites for hydroxylation is 2. The average Bonchev–Trinajstić information content (AvgIpc) is 3.01. The molecule has 0 atom stereocenters. The number of H-pyrrole nitrogens is 1. The molecule has 1 heterocycles. The SMILES string of the molecule is CCN(CC)c1ccc(-c2[nH]c3ccc(C)cc3c2CCCCN)cc1. The summed E-state index contributed by atoms with van der Waals surface area (Å²) in [5.74, 6) is 0. The first-order chi connectivity index (χ1) is 12.7. The lowest BCUT2D eigenvalue weighted by Gasteiger charge is -2.21. The molecular formula is C23H31N3. The molecule has 2 aromatic carbocycles. The molecule has 3 rings (SSSR count). The quantitative estimate of drug-likeness (QED) is 0.544. The number of hydrogen-bond donors (Lipinski definition) is 2. The number of nitrogens with two attached hydrogens (primary N) is 1. The van der Waals surface area contributed by atoms with Gasteiger partial charge in [0.2, 0.25) is 0 Å². The Hall–Kier alpha value is -2.26. The van der Waals surface area contributed by atoms with Crippen LogP contribution in [0.1, 0.15) is 37.8 Å². The maximum atomic E-state index is 5.71. The molecule has 0 bridgehead atoms. The molecule has 0 saturated heterocycles. The Bertz CT molecular complexity index is 842. The van der Waals surface area contributed by atoms with Gasteiger partial charge in [0, 0.05) is 35.4 Å². The number of anilines is 1. The summed E-state index contributed by atoms with van der Waals surface area (Å²) in [6.07, 6.45) is 3.26. The zero-order valence-electron chi connectivity index (χ0n) is 16.3. The lowest BCUT2D eigenvalue weighted by atomic mass is 9.99. The highest BCUT2D eigenvalue weighted by atomic mass is 15.1. The molecule has 3 heteroatoms. The summed E-state index contributed by atoms with van der Waals surface area (Å²) in [5, 5.41) is 1.35. The molecule has 0 radical (unpaired) electrons. The molecule has 26 heavy (non-hydrogen) atoms. The Labute approximate surface area is 157 Å². The van der Waals surface area contributed by atoms with E-state index in [4.69, 9.17) is 5.73 Å². The van der Waals surface area contributed by atoms with Gasteiger partial charge in [-0.2, -0.15) is 0 Å². The van der Waals surface area contributed by atoms with Crippen LogP contribution in [0.3, 0.4) is 0 Å². The van der Waals surface area contributed by atoms with Gasteiger partial charge in [0.1, 0.15) is 0 Å². The number of hydrogen-bond acceptors (Lipinski definition) is 2. The van der Waals surface area contributed by atoms with E-state index >= 15 is 0 Å². The first kappa shape index (κ1) is 18.5. The van der Waals surface area contributed by atoms with E-state index in [2.05, 4.69) is 73.1 Å². The normalized spacial score (nSPS) is 11.2. The van der Waals surface area contributed by atoms with Crippen LogP contribution in [0.4, 0.5) is 5.69 Å². The Kier molecular flexibility index (Phi) is 6.00. The number of unbranched alkanes of at least 4 members (excludes halogenated alkanes) is 1. The van der Waals surface area contributed by atoms with Crippen LogP contribution in [-0.4, -0.2) is 24.6 Å². The van der Waals surface area contributed by atoms with Crippen molar-refractivity contribution in [1.82, 2.24) is 4.98 Å². The summed E-state index contributed by atoms with van der Waals surface area (Å²) in [6.45, 7) is 9.39. The predicted molar refractivity (Wildman–Crippen MR) is 114 cm³/mol. The minimum Gasteiger partial charge on any atom is -0.372 e. The zero-order valence-corrected chi connectivity index (χ0v) is 16.3. The molecule has 1 aromatic heterocycles. The van der Waals surface area contributed by atoms with E-state index in [1.54, 1.807) is 0 Å². The van der Waals surface area contributed by atoms with Crippen LogP contribution in [0.2, 0.25) is 0 Å². The summed E-state index contributed by atoms with van der Waals surface area (Å²) in [6, 6.07) is 15.7. The maximum Gasteiger partial charge on any atom is 0.0497 e. The highest BCUT2D eigenvalue weighted by Crippen LogP contribution is 2.33. The third kappa shape index (κ3) is 3.78. The fourth-order valence-corrected chi connectivity index (χ4v) is 3.74. The highest BCUT2D eigenvalue weighted by molar-refractivity contribution is 5.91. The summed E-state index contributed by atoms with van der Waals surface area (Å²) < 4.78 is 0. The molecule has 0 amide bonds. The monoisotopic (exact) mass is 349 g/mol. The minimum atomic E-state index is 0.759. The van der Waals surface area contributed by atoms with Crippen LogP contribution in [0.5, 0.6) is 0 Å². The van der Waals surface area contributed by atoms with Crippen LogP contribution in [0.15, 0.2) is 42.5 Å². The van der Waals surface area contributed by atoms with E-state index in [9.17, 15) is 0 Å². The zero-order chi connectivity index (χ0) is 18.5. The van der Waals surface area contributed by atoms with Gasteiger partial charge in [-0.15, -0.1) is 0 Å². The number of aromatic amines is 1. The molecule has 3 nitrogen and oxygen atoms in total. The van der Waals surface area contributed by atoms with Crippen molar-refractivity contribution < 1.29 is 0 Å². The van der Waals surface area contributed by atoms with Crippen LogP contribution < -0.4 is 10.6 Å². The molecule has 0 unspecified atom stereocenters. The summed E-state index contributed by atoms with van der Waals surface area (Å²) in [4.78, 5) is 6.04. The highest BCUT2D eigenvalue weighted by Gasteiger charge is 2.13. The van der Waals surface area contributed by atoms with Crippen molar-refractivity contribution in [3.63, 3.8) is 0 Å².